The van der Waals surface area contributed by atoms with Crippen LogP contribution in [-0.4, -0.2) is 67.7 Å². The summed E-state index contributed by atoms with van der Waals surface area (Å²) < 4.78 is 11.0. The standard InChI is InChI=1S/C35H48N2O6S/c1-3-5-8-18-31(23-28-14-9-6-10-15-28)35(41)43-25-32(27-44-26-29-16-11-7-12-17-29)37-34(40)30(13-4-2)24-33(39)36-19-21-42-22-20-38/h3-4,6-7,9-12,14-17,30-32,38H,1-2,5,8,13,18-27H2,(H,36,39)(H,37,40)/t30-,31+,32+/m0/s1. The van der Waals surface area contributed by atoms with Crippen LogP contribution in [0.2, 0.25) is 0 Å². The molecule has 2 amide bonds. The zero-order chi connectivity index (χ0) is 31.8. The Morgan fingerprint density at radius 1 is 0.932 bits per heavy atom. The number of nitrogens with one attached hydrogen (secondary N) is 2. The summed E-state index contributed by atoms with van der Waals surface area (Å²) in [7, 11) is 0. The number of ether oxygens (including phenoxy) is 2. The van der Waals surface area contributed by atoms with E-state index in [-0.39, 0.29) is 63.1 Å². The van der Waals surface area contributed by atoms with Gasteiger partial charge < -0.3 is 25.2 Å². The van der Waals surface area contributed by atoms with Gasteiger partial charge in [-0.1, -0.05) is 72.8 Å². The number of benzene rings is 2. The van der Waals surface area contributed by atoms with Gasteiger partial charge in [0, 0.05) is 24.5 Å². The van der Waals surface area contributed by atoms with Crippen LogP contribution in [0.25, 0.3) is 0 Å². The number of carbonyl (C=O) groups excluding carboxylic acids is 3. The fourth-order valence-electron chi connectivity index (χ4n) is 4.56. The van der Waals surface area contributed by atoms with Crippen molar-refractivity contribution < 1.29 is 29.0 Å². The number of allylic oxidation sites excluding steroid dienone is 2. The van der Waals surface area contributed by atoms with E-state index < -0.39 is 12.0 Å². The molecular weight excluding hydrogens is 576 g/mol. The van der Waals surface area contributed by atoms with Crippen LogP contribution in [0, 0.1) is 11.8 Å². The normalized spacial score (nSPS) is 12.8. The molecule has 0 aliphatic carbocycles. The highest BCUT2D eigenvalue weighted by molar-refractivity contribution is 7.98. The second-order valence-electron chi connectivity index (χ2n) is 10.6. The number of carbonyl (C=O) groups is 3. The largest absolute Gasteiger partial charge is 0.463 e. The molecular formula is C35H48N2O6S. The SMILES string of the molecule is C=CCCC[C@H](Cc1ccccc1)C(=O)OC[C@H](CSCc1ccccc1)NC(=O)[C@@H](CC=C)CC(=O)NCCOCCO. The van der Waals surface area contributed by atoms with Crippen LogP contribution in [0.1, 0.15) is 43.2 Å². The maximum absolute atomic E-state index is 13.4. The van der Waals surface area contributed by atoms with Gasteiger partial charge in [0.15, 0.2) is 0 Å². The summed E-state index contributed by atoms with van der Waals surface area (Å²) in [6.07, 6.45) is 6.71. The van der Waals surface area contributed by atoms with E-state index in [1.165, 1.54) is 0 Å². The van der Waals surface area contributed by atoms with Gasteiger partial charge in [0.1, 0.15) is 6.61 Å². The third-order valence-electron chi connectivity index (χ3n) is 6.88. The van der Waals surface area contributed by atoms with Crippen LogP contribution in [0.3, 0.4) is 0 Å². The molecule has 2 aromatic carbocycles. The second-order valence-corrected chi connectivity index (χ2v) is 11.6. The van der Waals surface area contributed by atoms with Gasteiger partial charge in [0.25, 0.3) is 0 Å². The van der Waals surface area contributed by atoms with Crippen molar-refractivity contribution in [3.63, 3.8) is 0 Å². The van der Waals surface area contributed by atoms with Crippen molar-refractivity contribution >= 4 is 29.5 Å². The quantitative estimate of drug-likeness (QED) is 0.0868. The van der Waals surface area contributed by atoms with E-state index in [2.05, 4.69) is 23.8 Å². The summed E-state index contributed by atoms with van der Waals surface area (Å²) in [6, 6.07) is 19.5. The molecule has 0 heterocycles. The van der Waals surface area contributed by atoms with E-state index in [0.29, 0.717) is 25.0 Å². The van der Waals surface area contributed by atoms with Gasteiger partial charge in [-0.15, -0.1) is 13.2 Å². The molecule has 240 valence electrons. The fraction of sp³-hybridized carbons (Fsp3) is 0.457. The molecule has 0 aliphatic heterocycles. The summed E-state index contributed by atoms with van der Waals surface area (Å²) in [6.45, 7) is 8.26. The lowest BCUT2D eigenvalue weighted by molar-refractivity contribution is -0.150. The van der Waals surface area contributed by atoms with Crippen molar-refractivity contribution in [3.8, 4) is 0 Å². The summed E-state index contributed by atoms with van der Waals surface area (Å²) in [5, 5.41) is 14.6. The maximum atomic E-state index is 13.4. The molecule has 0 spiro atoms. The average Bonchev–Trinajstić information content (AvgIpc) is 3.03. The van der Waals surface area contributed by atoms with E-state index in [0.717, 1.165) is 29.7 Å². The Morgan fingerprint density at radius 3 is 2.30 bits per heavy atom. The van der Waals surface area contributed by atoms with E-state index in [1.807, 2.05) is 66.7 Å². The molecule has 0 saturated heterocycles. The monoisotopic (exact) mass is 624 g/mol. The highest BCUT2D eigenvalue weighted by Gasteiger charge is 2.26. The Hall–Kier alpha value is -3.40. The molecule has 3 atom stereocenters. The minimum atomic E-state index is -0.618. The van der Waals surface area contributed by atoms with Gasteiger partial charge in [-0.05, 0) is 43.2 Å². The first-order valence-corrected chi connectivity index (χ1v) is 16.4. The molecule has 44 heavy (non-hydrogen) atoms. The van der Waals surface area contributed by atoms with Gasteiger partial charge in [0.05, 0.1) is 37.7 Å². The molecule has 3 N–H and O–H groups in total. The number of rotatable bonds is 24. The van der Waals surface area contributed by atoms with Crippen LogP contribution in [0.15, 0.2) is 86.0 Å². The Morgan fingerprint density at radius 2 is 1.64 bits per heavy atom. The molecule has 0 fully saturated rings. The van der Waals surface area contributed by atoms with Crippen molar-refractivity contribution in [1.29, 1.82) is 0 Å². The molecule has 0 saturated carbocycles. The van der Waals surface area contributed by atoms with Gasteiger partial charge in [-0.3, -0.25) is 14.4 Å². The van der Waals surface area contributed by atoms with Crippen molar-refractivity contribution in [2.24, 2.45) is 11.8 Å². The van der Waals surface area contributed by atoms with Gasteiger partial charge in [-0.2, -0.15) is 11.8 Å². The molecule has 0 radical (unpaired) electrons. The Balaban J connectivity index is 2.04. The summed E-state index contributed by atoms with van der Waals surface area (Å²) in [4.78, 5) is 39.2. The summed E-state index contributed by atoms with van der Waals surface area (Å²) in [5.74, 6) is -0.485. The summed E-state index contributed by atoms with van der Waals surface area (Å²) >= 11 is 1.64. The number of aliphatic hydroxyl groups excluding tert-OH is 1. The Labute approximate surface area is 266 Å². The number of aliphatic hydroxyl groups is 1. The number of thioether (sulfide) groups is 1. The highest BCUT2D eigenvalue weighted by Crippen LogP contribution is 2.19. The first kappa shape index (κ1) is 36.8. The van der Waals surface area contributed by atoms with Crippen molar-refractivity contribution in [2.75, 3.05) is 38.7 Å². The van der Waals surface area contributed by atoms with Crippen molar-refractivity contribution in [2.45, 2.75) is 50.3 Å². The average molecular weight is 625 g/mol. The van der Waals surface area contributed by atoms with E-state index in [1.54, 1.807) is 17.8 Å². The Kier molecular flexibility index (Phi) is 19.3. The number of esters is 1. The number of amides is 2. The molecule has 8 nitrogen and oxygen atoms in total. The molecule has 9 heteroatoms. The smallest absolute Gasteiger partial charge is 0.309 e. The van der Waals surface area contributed by atoms with Crippen LogP contribution >= 0.6 is 11.8 Å². The number of unbranched alkanes of at least 4 members (excludes halogenated alkanes) is 1. The number of hydrogen-bond donors (Lipinski definition) is 3. The third-order valence-corrected chi connectivity index (χ3v) is 8.06. The molecule has 2 rings (SSSR count). The lowest BCUT2D eigenvalue weighted by Gasteiger charge is -2.23. The zero-order valence-corrected chi connectivity index (χ0v) is 26.5. The first-order valence-electron chi connectivity index (χ1n) is 15.3. The molecule has 2 aromatic rings. The molecule has 0 unspecified atom stereocenters. The van der Waals surface area contributed by atoms with Crippen LogP contribution in [0.5, 0.6) is 0 Å². The predicted molar refractivity (Wildman–Crippen MR) is 177 cm³/mol. The molecule has 0 bridgehead atoms. The number of hydrogen-bond acceptors (Lipinski definition) is 7. The van der Waals surface area contributed by atoms with Crippen molar-refractivity contribution in [1.82, 2.24) is 10.6 Å². The lowest BCUT2D eigenvalue weighted by Crippen LogP contribution is -2.45. The third kappa shape index (κ3) is 15.9. The van der Waals surface area contributed by atoms with Gasteiger partial charge >= 0.3 is 5.97 Å². The fourth-order valence-corrected chi connectivity index (χ4v) is 5.57. The zero-order valence-electron chi connectivity index (χ0n) is 25.7. The minimum Gasteiger partial charge on any atom is -0.463 e. The Bertz CT molecular complexity index is 1110. The highest BCUT2D eigenvalue weighted by atomic mass is 32.2. The first-order chi connectivity index (χ1) is 21.5. The van der Waals surface area contributed by atoms with E-state index >= 15 is 0 Å². The molecule has 0 aromatic heterocycles. The minimum absolute atomic E-state index is 0.00995. The lowest BCUT2D eigenvalue weighted by atomic mass is 9.94. The molecule has 0 aliphatic rings. The van der Waals surface area contributed by atoms with Gasteiger partial charge in [0.2, 0.25) is 11.8 Å². The van der Waals surface area contributed by atoms with Crippen LogP contribution in [0.4, 0.5) is 0 Å². The summed E-state index contributed by atoms with van der Waals surface area (Å²) in [5.41, 5.74) is 2.23. The topological polar surface area (TPSA) is 114 Å². The van der Waals surface area contributed by atoms with Gasteiger partial charge in [-0.25, -0.2) is 0 Å². The van der Waals surface area contributed by atoms with E-state index in [4.69, 9.17) is 14.6 Å². The maximum Gasteiger partial charge on any atom is 0.309 e. The van der Waals surface area contributed by atoms with E-state index in [9.17, 15) is 14.4 Å². The van der Waals surface area contributed by atoms with Crippen LogP contribution in [-0.2, 0) is 36.0 Å². The van der Waals surface area contributed by atoms with Crippen LogP contribution < -0.4 is 10.6 Å². The second kappa shape index (κ2) is 23.0. The van der Waals surface area contributed by atoms with Crippen molar-refractivity contribution in [3.05, 3.63) is 97.1 Å². The predicted octanol–water partition coefficient (Wildman–Crippen LogP) is 4.87.